The first-order chi connectivity index (χ1) is 6.81. The van der Waals surface area contributed by atoms with Gasteiger partial charge in [-0.25, -0.2) is 0 Å². The van der Waals surface area contributed by atoms with Crippen molar-refractivity contribution in [1.82, 2.24) is 4.90 Å². The summed E-state index contributed by atoms with van der Waals surface area (Å²) in [6.07, 6.45) is 2.61. The second-order valence-electron chi connectivity index (χ2n) is 3.84. The third-order valence-electron chi connectivity index (χ3n) is 3.02. The molecule has 2 heteroatoms. The molecule has 0 aromatic heterocycles. The van der Waals surface area contributed by atoms with Crippen LogP contribution in [0.3, 0.4) is 0 Å². The number of benzene rings is 1. The molecule has 0 spiro atoms. The van der Waals surface area contributed by atoms with Gasteiger partial charge in [0.1, 0.15) is 0 Å². The molecule has 1 fully saturated rings. The Morgan fingerprint density at radius 2 is 2.07 bits per heavy atom. The summed E-state index contributed by atoms with van der Waals surface area (Å²) in [7, 11) is 0. The Morgan fingerprint density at radius 1 is 1.36 bits per heavy atom. The highest BCUT2D eigenvalue weighted by atomic mass is 35.5. The molecule has 76 valence electrons. The van der Waals surface area contributed by atoms with Crippen molar-refractivity contribution in [2.75, 3.05) is 13.1 Å². The monoisotopic (exact) mass is 209 g/mol. The first kappa shape index (κ1) is 10.0. The molecule has 1 unspecified atom stereocenters. The first-order valence-corrected chi connectivity index (χ1v) is 5.68. The van der Waals surface area contributed by atoms with E-state index in [1.807, 2.05) is 12.1 Å². The van der Waals surface area contributed by atoms with Crippen molar-refractivity contribution in [3.05, 3.63) is 34.9 Å². The predicted molar refractivity (Wildman–Crippen MR) is 60.7 cm³/mol. The molecule has 1 atom stereocenters. The van der Waals surface area contributed by atoms with Crippen molar-refractivity contribution in [3.8, 4) is 0 Å². The zero-order valence-electron chi connectivity index (χ0n) is 8.54. The molecule has 0 N–H and O–H groups in total. The number of likely N-dealkylation sites (tertiary alicyclic amines) is 1. The summed E-state index contributed by atoms with van der Waals surface area (Å²) >= 11 is 5.88. The van der Waals surface area contributed by atoms with E-state index >= 15 is 0 Å². The minimum Gasteiger partial charge on any atom is -0.297 e. The summed E-state index contributed by atoms with van der Waals surface area (Å²) in [5.41, 5.74) is 1.41. The van der Waals surface area contributed by atoms with Crippen LogP contribution in [0.5, 0.6) is 0 Å². The molecule has 1 nitrogen and oxygen atoms in total. The van der Waals surface area contributed by atoms with Gasteiger partial charge in [0, 0.05) is 11.1 Å². The number of rotatable bonds is 2. The van der Waals surface area contributed by atoms with Crippen LogP contribution in [-0.4, -0.2) is 18.0 Å². The standard InChI is InChI=1S/C12H16ClN/c1-2-14-9-3-4-12(14)10-5-7-11(13)8-6-10/h5-8,12H,2-4,9H2,1H3. The van der Waals surface area contributed by atoms with Gasteiger partial charge in [-0.05, 0) is 43.6 Å². The van der Waals surface area contributed by atoms with Gasteiger partial charge in [-0.1, -0.05) is 30.7 Å². The van der Waals surface area contributed by atoms with Gasteiger partial charge in [-0.3, -0.25) is 4.90 Å². The lowest BCUT2D eigenvalue weighted by molar-refractivity contribution is 0.271. The van der Waals surface area contributed by atoms with Crippen molar-refractivity contribution in [1.29, 1.82) is 0 Å². The molecule has 0 radical (unpaired) electrons. The number of hydrogen-bond acceptors (Lipinski definition) is 1. The van der Waals surface area contributed by atoms with Gasteiger partial charge in [0.25, 0.3) is 0 Å². The van der Waals surface area contributed by atoms with Crippen molar-refractivity contribution in [2.45, 2.75) is 25.8 Å². The fourth-order valence-corrected chi connectivity index (χ4v) is 2.39. The molecule has 1 heterocycles. The molecule has 1 saturated heterocycles. The van der Waals surface area contributed by atoms with E-state index in [9.17, 15) is 0 Å². The molecule has 14 heavy (non-hydrogen) atoms. The largest absolute Gasteiger partial charge is 0.297 e. The Hall–Kier alpha value is -0.530. The molecule has 0 saturated carbocycles. The van der Waals surface area contributed by atoms with Crippen LogP contribution in [0.15, 0.2) is 24.3 Å². The molecule has 0 aliphatic carbocycles. The third kappa shape index (κ3) is 1.94. The molecule has 1 aliphatic heterocycles. The summed E-state index contributed by atoms with van der Waals surface area (Å²) in [4.78, 5) is 2.53. The first-order valence-electron chi connectivity index (χ1n) is 5.31. The van der Waals surface area contributed by atoms with Crippen molar-refractivity contribution in [2.24, 2.45) is 0 Å². The molecule has 1 aromatic carbocycles. The minimum atomic E-state index is 0.622. The van der Waals surface area contributed by atoms with E-state index < -0.39 is 0 Å². The third-order valence-corrected chi connectivity index (χ3v) is 3.28. The Morgan fingerprint density at radius 3 is 2.71 bits per heavy atom. The van der Waals surface area contributed by atoms with E-state index in [1.54, 1.807) is 0 Å². The van der Waals surface area contributed by atoms with E-state index in [-0.39, 0.29) is 0 Å². The van der Waals surface area contributed by atoms with Crippen LogP contribution >= 0.6 is 11.6 Å². The van der Waals surface area contributed by atoms with E-state index in [2.05, 4.69) is 24.0 Å². The van der Waals surface area contributed by atoms with Crippen molar-refractivity contribution >= 4 is 11.6 Å². The lowest BCUT2D eigenvalue weighted by Crippen LogP contribution is -2.22. The lowest BCUT2D eigenvalue weighted by Gasteiger charge is -2.22. The number of hydrogen-bond donors (Lipinski definition) is 0. The molecule has 2 rings (SSSR count). The van der Waals surface area contributed by atoms with Crippen LogP contribution in [0.1, 0.15) is 31.4 Å². The zero-order chi connectivity index (χ0) is 9.97. The summed E-state index contributed by atoms with van der Waals surface area (Å²) in [5.74, 6) is 0. The number of halogens is 1. The van der Waals surface area contributed by atoms with E-state index in [4.69, 9.17) is 11.6 Å². The lowest BCUT2D eigenvalue weighted by atomic mass is 10.0. The second kappa shape index (κ2) is 4.33. The maximum absolute atomic E-state index is 5.88. The molecule has 0 amide bonds. The van der Waals surface area contributed by atoms with Gasteiger partial charge in [-0.15, -0.1) is 0 Å². The highest BCUT2D eigenvalue weighted by molar-refractivity contribution is 6.30. The number of nitrogens with zero attached hydrogens (tertiary/aromatic N) is 1. The van der Waals surface area contributed by atoms with E-state index in [0.717, 1.165) is 11.6 Å². The maximum atomic E-state index is 5.88. The quantitative estimate of drug-likeness (QED) is 0.721. The van der Waals surface area contributed by atoms with E-state index in [0.29, 0.717) is 6.04 Å². The van der Waals surface area contributed by atoms with Gasteiger partial charge < -0.3 is 0 Å². The molecular weight excluding hydrogens is 194 g/mol. The second-order valence-corrected chi connectivity index (χ2v) is 4.27. The SMILES string of the molecule is CCN1CCCC1c1ccc(Cl)cc1. The fourth-order valence-electron chi connectivity index (χ4n) is 2.27. The maximum Gasteiger partial charge on any atom is 0.0406 e. The van der Waals surface area contributed by atoms with Gasteiger partial charge in [-0.2, -0.15) is 0 Å². The van der Waals surface area contributed by atoms with Crippen LogP contribution in [0.2, 0.25) is 5.02 Å². The van der Waals surface area contributed by atoms with Gasteiger partial charge in [0.2, 0.25) is 0 Å². The van der Waals surface area contributed by atoms with Crippen molar-refractivity contribution in [3.63, 3.8) is 0 Å². The average molecular weight is 210 g/mol. The molecule has 1 aromatic rings. The highest BCUT2D eigenvalue weighted by Gasteiger charge is 2.23. The van der Waals surface area contributed by atoms with Gasteiger partial charge >= 0.3 is 0 Å². The van der Waals surface area contributed by atoms with Crippen molar-refractivity contribution < 1.29 is 0 Å². The van der Waals surface area contributed by atoms with Crippen LogP contribution < -0.4 is 0 Å². The average Bonchev–Trinajstić information content (AvgIpc) is 2.67. The normalized spacial score (nSPS) is 22.9. The summed E-state index contributed by atoms with van der Waals surface area (Å²) in [6, 6.07) is 8.91. The topological polar surface area (TPSA) is 3.24 Å². The zero-order valence-corrected chi connectivity index (χ0v) is 9.30. The summed E-state index contributed by atoms with van der Waals surface area (Å²) < 4.78 is 0. The minimum absolute atomic E-state index is 0.622. The summed E-state index contributed by atoms with van der Waals surface area (Å²) in [6.45, 7) is 4.62. The Kier molecular flexibility index (Phi) is 3.09. The fraction of sp³-hybridized carbons (Fsp3) is 0.500. The highest BCUT2D eigenvalue weighted by Crippen LogP contribution is 2.31. The molecule has 0 bridgehead atoms. The Bertz CT molecular complexity index is 294. The summed E-state index contributed by atoms with van der Waals surface area (Å²) in [5, 5.41) is 0.829. The predicted octanol–water partition coefficient (Wildman–Crippen LogP) is 3.50. The van der Waals surface area contributed by atoms with Crippen LogP contribution in [0, 0.1) is 0 Å². The Labute approximate surface area is 90.7 Å². The molecular formula is C12H16ClN. The van der Waals surface area contributed by atoms with Crippen LogP contribution in [0.25, 0.3) is 0 Å². The van der Waals surface area contributed by atoms with Gasteiger partial charge in [0.15, 0.2) is 0 Å². The van der Waals surface area contributed by atoms with Crippen LogP contribution in [-0.2, 0) is 0 Å². The smallest absolute Gasteiger partial charge is 0.0406 e. The van der Waals surface area contributed by atoms with E-state index in [1.165, 1.54) is 24.9 Å². The molecule has 1 aliphatic rings. The van der Waals surface area contributed by atoms with Gasteiger partial charge in [0.05, 0.1) is 0 Å². The van der Waals surface area contributed by atoms with Crippen LogP contribution in [0.4, 0.5) is 0 Å². The Balaban J connectivity index is 2.17.